The third-order valence-electron chi connectivity index (χ3n) is 2.83. The van der Waals surface area contributed by atoms with E-state index in [1.807, 2.05) is 19.0 Å². The van der Waals surface area contributed by atoms with Crippen molar-refractivity contribution in [3.8, 4) is 0 Å². The molecule has 8 nitrogen and oxygen atoms in total. The lowest BCUT2D eigenvalue weighted by Crippen LogP contribution is -2.40. The number of nitrogens with one attached hydrogen (secondary N) is 2. The summed E-state index contributed by atoms with van der Waals surface area (Å²) < 4.78 is 5.32. The van der Waals surface area contributed by atoms with Crippen LogP contribution in [0.5, 0.6) is 0 Å². The first-order valence-electron chi connectivity index (χ1n) is 6.95. The van der Waals surface area contributed by atoms with Gasteiger partial charge in [0.25, 0.3) is 0 Å². The van der Waals surface area contributed by atoms with E-state index in [1.54, 1.807) is 0 Å². The first-order valence-corrected chi connectivity index (χ1v) is 6.95. The van der Waals surface area contributed by atoms with Crippen molar-refractivity contribution in [2.45, 2.75) is 13.3 Å². The summed E-state index contributed by atoms with van der Waals surface area (Å²) in [6, 6.07) is 0. The highest BCUT2D eigenvalue weighted by Gasteiger charge is 2.13. The van der Waals surface area contributed by atoms with Gasteiger partial charge in [0.05, 0.1) is 13.2 Å². The Morgan fingerprint density at radius 2 is 1.85 bits per heavy atom. The topological polar surface area (TPSA) is 78.4 Å². The van der Waals surface area contributed by atoms with Gasteiger partial charge in [0, 0.05) is 33.7 Å². The zero-order valence-electron chi connectivity index (χ0n) is 12.4. The molecule has 0 spiro atoms. The molecule has 0 aliphatic carbocycles. The molecule has 2 rings (SSSR count). The molecule has 1 aromatic heterocycles. The molecule has 2 N–H and O–H groups in total. The molecular weight excluding hydrogens is 258 g/mol. The summed E-state index contributed by atoms with van der Waals surface area (Å²) in [4.78, 5) is 15.0. The van der Waals surface area contributed by atoms with Crippen molar-refractivity contribution in [2.24, 2.45) is 0 Å². The molecule has 0 unspecified atom stereocenters. The van der Waals surface area contributed by atoms with Crippen LogP contribution in [0.3, 0.4) is 0 Å². The average molecular weight is 281 g/mol. The van der Waals surface area contributed by atoms with E-state index < -0.39 is 0 Å². The summed E-state index contributed by atoms with van der Waals surface area (Å²) in [5.41, 5.74) is 3.22. The van der Waals surface area contributed by atoms with Crippen LogP contribution in [-0.2, 0) is 4.74 Å². The maximum Gasteiger partial charge on any atom is 0.244 e. The number of morpholine rings is 1. The molecule has 1 saturated heterocycles. The molecule has 20 heavy (non-hydrogen) atoms. The predicted octanol–water partition coefficient (Wildman–Crippen LogP) is 0.419. The zero-order valence-corrected chi connectivity index (χ0v) is 12.4. The second-order valence-corrected chi connectivity index (χ2v) is 4.82. The fourth-order valence-corrected chi connectivity index (χ4v) is 1.75. The Labute approximate surface area is 119 Å². The Hall–Kier alpha value is -1.67. The number of rotatable bonds is 6. The molecule has 1 fully saturated rings. The minimum Gasteiger partial charge on any atom is -0.379 e. The quantitative estimate of drug-likeness (QED) is 0.777. The second-order valence-electron chi connectivity index (χ2n) is 4.82. The van der Waals surface area contributed by atoms with Crippen molar-refractivity contribution in [1.82, 2.24) is 20.0 Å². The van der Waals surface area contributed by atoms with Crippen molar-refractivity contribution in [3.63, 3.8) is 0 Å². The molecule has 2 heterocycles. The molecule has 1 aromatic rings. The molecule has 0 atom stereocenters. The average Bonchev–Trinajstić information content (AvgIpc) is 2.46. The molecule has 112 valence electrons. The third-order valence-corrected chi connectivity index (χ3v) is 2.83. The minimum atomic E-state index is 0.559. The van der Waals surface area contributed by atoms with Gasteiger partial charge in [-0.1, -0.05) is 6.92 Å². The fourth-order valence-electron chi connectivity index (χ4n) is 1.75. The molecular formula is C12H23N7O. The molecule has 0 aromatic carbocycles. The van der Waals surface area contributed by atoms with Crippen molar-refractivity contribution in [2.75, 3.05) is 62.6 Å². The largest absolute Gasteiger partial charge is 0.379 e. The number of hydrogen-bond donors (Lipinski definition) is 2. The summed E-state index contributed by atoms with van der Waals surface area (Å²) >= 11 is 0. The van der Waals surface area contributed by atoms with Crippen molar-refractivity contribution >= 4 is 17.8 Å². The van der Waals surface area contributed by atoms with Crippen LogP contribution in [0.1, 0.15) is 13.3 Å². The molecule has 1 aliphatic heterocycles. The van der Waals surface area contributed by atoms with E-state index in [9.17, 15) is 0 Å². The van der Waals surface area contributed by atoms with Gasteiger partial charge in [0.15, 0.2) is 0 Å². The van der Waals surface area contributed by atoms with Gasteiger partial charge in [0.1, 0.15) is 0 Å². The van der Waals surface area contributed by atoms with Gasteiger partial charge in [-0.15, -0.1) is 0 Å². The fraction of sp³-hybridized carbons (Fsp3) is 0.750. The maximum absolute atomic E-state index is 5.32. The predicted molar refractivity (Wildman–Crippen MR) is 78.9 cm³/mol. The Balaban J connectivity index is 2.10. The first-order chi connectivity index (χ1) is 9.69. The lowest BCUT2D eigenvalue weighted by atomic mass is 10.5. The monoisotopic (exact) mass is 281 g/mol. The molecule has 0 saturated carbocycles. The van der Waals surface area contributed by atoms with Crippen LogP contribution in [0.2, 0.25) is 0 Å². The van der Waals surface area contributed by atoms with Gasteiger partial charge in [-0.3, -0.25) is 5.43 Å². The number of anilines is 3. The van der Waals surface area contributed by atoms with Gasteiger partial charge in [-0.05, 0) is 6.42 Å². The lowest BCUT2D eigenvalue weighted by molar-refractivity contribution is 0.0492. The summed E-state index contributed by atoms with van der Waals surface area (Å²) in [6.45, 7) is 6.03. The van der Waals surface area contributed by atoms with Crippen LogP contribution in [0.25, 0.3) is 0 Å². The Morgan fingerprint density at radius 1 is 1.15 bits per heavy atom. The SMILES string of the molecule is CCCNc1nc(NN2CCOCC2)nc(N(C)C)n1. The first kappa shape index (κ1) is 14.7. The summed E-state index contributed by atoms with van der Waals surface area (Å²) in [7, 11) is 3.83. The number of hydrazine groups is 1. The van der Waals surface area contributed by atoms with Crippen LogP contribution in [0.4, 0.5) is 17.8 Å². The van der Waals surface area contributed by atoms with E-state index in [0.29, 0.717) is 17.8 Å². The van der Waals surface area contributed by atoms with Crippen LogP contribution in [0.15, 0.2) is 0 Å². The van der Waals surface area contributed by atoms with Gasteiger partial charge in [0.2, 0.25) is 17.8 Å². The van der Waals surface area contributed by atoms with Crippen molar-refractivity contribution in [3.05, 3.63) is 0 Å². The highest BCUT2D eigenvalue weighted by Crippen LogP contribution is 2.12. The van der Waals surface area contributed by atoms with Crippen LogP contribution < -0.4 is 15.6 Å². The maximum atomic E-state index is 5.32. The van der Waals surface area contributed by atoms with Crippen LogP contribution in [-0.4, -0.2) is 66.9 Å². The highest BCUT2D eigenvalue weighted by atomic mass is 16.5. The third kappa shape index (κ3) is 4.17. The number of hydrogen-bond acceptors (Lipinski definition) is 8. The molecule has 1 aliphatic rings. The minimum absolute atomic E-state index is 0.559. The van der Waals surface area contributed by atoms with E-state index in [2.05, 4.69) is 37.6 Å². The van der Waals surface area contributed by atoms with E-state index in [4.69, 9.17) is 4.74 Å². The smallest absolute Gasteiger partial charge is 0.244 e. The van der Waals surface area contributed by atoms with Crippen molar-refractivity contribution in [1.29, 1.82) is 0 Å². The molecule has 0 bridgehead atoms. The summed E-state index contributed by atoms with van der Waals surface area (Å²) in [5.74, 6) is 1.79. The normalized spacial score (nSPS) is 15.9. The number of aromatic nitrogens is 3. The molecule has 8 heteroatoms. The van der Waals surface area contributed by atoms with Crippen LogP contribution >= 0.6 is 0 Å². The van der Waals surface area contributed by atoms with Crippen molar-refractivity contribution < 1.29 is 4.74 Å². The lowest BCUT2D eigenvalue weighted by Gasteiger charge is -2.27. The Morgan fingerprint density at radius 3 is 2.50 bits per heavy atom. The van der Waals surface area contributed by atoms with Gasteiger partial charge in [-0.25, -0.2) is 5.01 Å². The highest BCUT2D eigenvalue weighted by molar-refractivity contribution is 5.42. The van der Waals surface area contributed by atoms with E-state index in [-0.39, 0.29) is 0 Å². The number of ether oxygens (including phenoxy) is 1. The van der Waals surface area contributed by atoms with Crippen LogP contribution in [0, 0.1) is 0 Å². The second kappa shape index (κ2) is 7.20. The van der Waals surface area contributed by atoms with E-state index in [0.717, 1.165) is 39.3 Å². The van der Waals surface area contributed by atoms with E-state index >= 15 is 0 Å². The van der Waals surface area contributed by atoms with Gasteiger partial charge >= 0.3 is 0 Å². The zero-order chi connectivity index (χ0) is 14.4. The van der Waals surface area contributed by atoms with Gasteiger partial charge < -0.3 is 15.0 Å². The molecule has 0 amide bonds. The standard InChI is InChI=1S/C12H23N7O/c1-4-5-13-10-14-11(16-12(15-10)18(2)3)17-19-6-8-20-9-7-19/h4-9H2,1-3H3,(H2,13,14,15,16,17). The number of nitrogens with zero attached hydrogens (tertiary/aromatic N) is 5. The molecule has 0 radical (unpaired) electrons. The summed E-state index contributed by atoms with van der Waals surface area (Å²) in [5, 5.41) is 5.25. The van der Waals surface area contributed by atoms with Gasteiger partial charge in [-0.2, -0.15) is 15.0 Å². The van der Waals surface area contributed by atoms with E-state index in [1.165, 1.54) is 0 Å². The Bertz CT molecular complexity index is 420. The summed E-state index contributed by atoms with van der Waals surface area (Å²) in [6.07, 6.45) is 1.02. The Kier molecular flexibility index (Phi) is 5.31.